The third-order valence-electron chi connectivity index (χ3n) is 8.09. The highest BCUT2D eigenvalue weighted by Crippen LogP contribution is 2.43. The molecule has 1 aliphatic heterocycles. The highest BCUT2D eigenvalue weighted by atomic mass is 35.5. The Morgan fingerprint density at radius 3 is 2.29 bits per heavy atom. The Bertz CT molecular complexity index is 1540. The molecule has 1 aromatic heterocycles. The molecule has 2 amide bonds. The van der Waals surface area contributed by atoms with Gasteiger partial charge in [0.2, 0.25) is 5.79 Å². The number of halogens is 1. The summed E-state index contributed by atoms with van der Waals surface area (Å²) < 4.78 is 13.9. The van der Waals surface area contributed by atoms with Crippen molar-refractivity contribution in [2.45, 2.75) is 25.3 Å². The Hall–Kier alpha value is -3.69. The molecule has 0 fully saturated rings. The number of fused-ring (bicyclic) bond motifs is 2. The molecule has 0 bridgehead atoms. The minimum atomic E-state index is -1.33. The summed E-state index contributed by atoms with van der Waals surface area (Å²) in [5, 5.41) is 0.467. The van der Waals surface area contributed by atoms with Crippen molar-refractivity contribution in [1.82, 2.24) is 14.4 Å². The number of aromatic nitrogens is 1. The van der Waals surface area contributed by atoms with Gasteiger partial charge >= 0.3 is 0 Å². The van der Waals surface area contributed by atoms with Crippen LogP contribution in [0.3, 0.4) is 0 Å². The van der Waals surface area contributed by atoms with E-state index >= 15 is 0 Å². The molecule has 9 heteroatoms. The zero-order valence-electron chi connectivity index (χ0n) is 24.8. The van der Waals surface area contributed by atoms with Crippen LogP contribution in [0.1, 0.15) is 33.7 Å². The molecular formula is C33H37ClN4O4. The van der Waals surface area contributed by atoms with Crippen molar-refractivity contribution < 1.29 is 19.1 Å². The minimum absolute atomic E-state index is 0.0570. The number of carbonyl (C=O) groups excluding carboxylic acids is 2. The van der Waals surface area contributed by atoms with E-state index < -0.39 is 5.79 Å². The summed E-state index contributed by atoms with van der Waals surface area (Å²) in [6.45, 7) is 2.09. The number of benzene rings is 2. The van der Waals surface area contributed by atoms with Crippen molar-refractivity contribution in [2.75, 3.05) is 53.4 Å². The Labute approximate surface area is 252 Å². The van der Waals surface area contributed by atoms with Crippen LogP contribution in [-0.4, -0.2) is 80.4 Å². The third-order valence-corrected chi connectivity index (χ3v) is 8.42. The van der Waals surface area contributed by atoms with Crippen molar-refractivity contribution in [2.24, 2.45) is 0 Å². The van der Waals surface area contributed by atoms with Crippen LogP contribution >= 0.6 is 11.6 Å². The zero-order valence-corrected chi connectivity index (χ0v) is 25.5. The molecule has 5 rings (SSSR count). The van der Waals surface area contributed by atoms with Crippen LogP contribution in [0, 0.1) is 0 Å². The molecule has 2 aromatic carbocycles. The number of methoxy groups -OCH3 is 2. The van der Waals surface area contributed by atoms with Crippen LogP contribution < -0.4 is 4.90 Å². The normalized spacial score (nSPS) is 16.1. The standard InChI is InChI=1S/C33H37ClN4O4/c1-35(2)17-18-36(3)32(40)30-16-15-25-22-38(29-14-10-9-13-24(29)21-37(25)30)31(39)27-19-28(34)26(20-33(27,41-4)42-5)23-11-7-6-8-12-23/h6-16,19H,17-18,20-22H2,1-5H3. The molecule has 42 heavy (non-hydrogen) atoms. The van der Waals surface area contributed by atoms with E-state index in [1.165, 1.54) is 0 Å². The smallest absolute Gasteiger partial charge is 0.270 e. The average molecular weight is 589 g/mol. The molecule has 0 saturated heterocycles. The fourth-order valence-electron chi connectivity index (χ4n) is 5.61. The Balaban J connectivity index is 1.55. The maximum atomic E-state index is 14.5. The zero-order chi connectivity index (χ0) is 30.0. The second-order valence-electron chi connectivity index (χ2n) is 10.9. The lowest BCUT2D eigenvalue weighted by molar-refractivity contribution is -0.178. The van der Waals surface area contributed by atoms with Crippen molar-refractivity contribution in [3.05, 3.63) is 106 Å². The number of hydrogen-bond acceptors (Lipinski definition) is 5. The lowest BCUT2D eigenvalue weighted by Gasteiger charge is -2.38. The summed E-state index contributed by atoms with van der Waals surface area (Å²) in [4.78, 5) is 33.5. The number of ether oxygens (including phenoxy) is 2. The molecule has 1 aliphatic carbocycles. The Morgan fingerprint density at radius 2 is 1.60 bits per heavy atom. The van der Waals surface area contributed by atoms with Crippen LogP contribution in [-0.2, 0) is 27.4 Å². The lowest BCUT2D eigenvalue weighted by atomic mass is 9.87. The SMILES string of the molecule is COC1(OC)CC(c2ccccc2)=C(Cl)C=C1C(=O)N1Cc2ccc(C(=O)N(C)CCN(C)C)n2Cc2ccccc21. The highest BCUT2D eigenvalue weighted by molar-refractivity contribution is 6.35. The monoisotopic (exact) mass is 588 g/mol. The number of anilines is 1. The number of para-hydroxylation sites is 1. The van der Waals surface area contributed by atoms with Crippen molar-refractivity contribution >= 4 is 34.7 Å². The average Bonchev–Trinajstić information content (AvgIpc) is 3.32. The van der Waals surface area contributed by atoms with Crippen molar-refractivity contribution in [1.29, 1.82) is 0 Å². The van der Waals surface area contributed by atoms with E-state index in [1.807, 2.05) is 97.3 Å². The largest absolute Gasteiger partial charge is 0.349 e. The molecular weight excluding hydrogens is 552 g/mol. The third kappa shape index (κ3) is 5.55. The van der Waals surface area contributed by atoms with Gasteiger partial charge in [-0.05, 0) is 55.1 Å². The first-order valence-electron chi connectivity index (χ1n) is 13.9. The second kappa shape index (κ2) is 12.3. The number of hydrogen-bond donors (Lipinski definition) is 0. The van der Waals surface area contributed by atoms with Crippen LogP contribution in [0.4, 0.5) is 5.69 Å². The van der Waals surface area contributed by atoms with Gasteiger partial charge in [0.05, 0.1) is 18.7 Å². The number of amides is 2. The van der Waals surface area contributed by atoms with E-state index in [-0.39, 0.29) is 24.8 Å². The lowest BCUT2D eigenvalue weighted by Crippen LogP contribution is -2.46. The first-order chi connectivity index (χ1) is 20.2. The summed E-state index contributed by atoms with van der Waals surface area (Å²) in [7, 11) is 8.87. The van der Waals surface area contributed by atoms with Crippen LogP contribution in [0.5, 0.6) is 0 Å². The fourth-order valence-corrected chi connectivity index (χ4v) is 5.89. The van der Waals surface area contributed by atoms with E-state index in [1.54, 1.807) is 30.1 Å². The topological polar surface area (TPSA) is 67.2 Å². The molecule has 0 unspecified atom stereocenters. The number of carbonyl (C=O) groups is 2. The van der Waals surface area contributed by atoms with Crippen LogP contribution in [0.25, 0.3) is 5.57 Å². The molecule has 220 valence electrons. The molecule has 3 aromatic rings. The summed E-state index contributed by atoms with van der Waals surface area (Å²) in [5.74, 6) is -1.67. The van der Waals surface area contributed by atoms with Gasteiger partial charge in [-0.1, -0.05) is 60.1 Å². The summed E-state index contributed by atoms with van der Waals surface area (Å²) >= 11 is 6.83. The molecule has 8 nitrogen and oxygen atoms in total. The highest BCUT2D eigenvalue weighted by Gasteiger charge is 2.45. The van der Waals surface area contributed by atoms with Crippen LogP contribution in [0.15, 0.2) is 83.4 Å². The van der Waals surface area contributed by atoms with Gasteiger partial charge in [0.1, 0.15) is 5.69 Å². The van der Waals surface area contributed by atoms with Gasteiger partial charge in [0.25, 0.3) is 11.8 Å². The van der Waals surface area contributed by atoms with Crippen molar-refractivity contribution in [3.8, 4) is 0 Å². The minimum Gasteiger partial charge on any atom is -0.349 e. The number of allylic oxidation sites excluding steroid dienone is 2. The second-order valence-corrected chi connectivity index (χ2v) is 11.3. The van der Waals surface area contributed by atoms with Gasteiger partial charge in [0.15, 0.2) is 0 Å². The quantitative estimate of drug-likeness (QED) is 0.347. The van der Waals surface area contributed by atoms with Crippen molar-refractivity contribution in [3.63, 3.8) is 0 Å². The van der Waals surface area contributed by atoms with E-state index in [0.29, 0.717) is 29.4 Å². The molecule has 0 saturated carbocycles. The number of nitrogens with zero attached hydrogens (tertiary/aromatic N) is 4. The van der Waals surface area contributed by atoms with Gasteiger partial charge in [0, 0.05) is 57.2 Å². The Kier molecular flexibility index (Phi) is 8.70. The summed E-state index contributed by atoms with van der Waals surface area (Å²) in [5.41, 5.74) is 5.22. The molecule has 0 atom stereocenters. The number of likely N-dealkylation sites (N-methyl/N-ethyl adjacent to an activating group) is 2. The molecule has 0 N–H and O–H groups in total. The summed E-state index contributed by atoms with van der Waals surface area (Å²) in [6, 6.07) is 21.3. The first kappa shape index (κ1) is 29.8. The maximum Gasteiger partial charge on any atom is 0.270 e. The Morgan fingerprint density at radius 1 is 0.905 bits per heavy atom. The van der Waals surface area contributed by atoms with E-state index in [0.717, 1.165) is 34.6 Å². The van der Waals surface area contributed by atoms with Gasteiger partial charge in [-0.2, -0.15) is 0 Å². The fraction of sp³-hybridized carbons (Fsp3) is 0.333. The first-order valence-corrected chi connectivity index (χ1v) is 14.3. The maximum absolute atomic E-state index is 14.5. The molecule has 0 radical (unpaired) electrons. The summed E-state index contributed by atoms with van der Waals surface area (Å²) in [6.07, 6.45) is 1.94. The molecule has 0 spiro atoms. The molecule has 2 heterocycles. The van der Waals surface area contributed by atoms with Gasteiger partial charge in [-0.15, -0.1) is 0 Å². The van der Waals surface area contributed by atoms with E-state index in [4.69, 9.17) is 21.1 Å². The van der Waals surface area contributed by atoms with E-state index in [9.17, 15) is 9.59 Å². The predicted octanol–water partition coefficient (Wildman–Crippen LogP) is 4.99. The van der Waals surface area contributed by atoms with Gasteiger partial charge in [-0.25, -0.2) is 0 Å². The van der Waals surface area contributed by atoms with Crippen LogP contribution in [0.2, 0.25) is 0 Å². The van der Waals surface area contributed by atoms with Gasteiger partial charge < -0.3 is 28.7 Å². The predicted molar refractivity (Wildman–Crippen MR) is 165 cm³/mol. The number of rotatable bonds is 8. The van der Waals surface area contributed by atoms with E-state index in [2.05, 4.69) is 0 Å². The van der Waals surface area contributed by atoms with Gasteiger partial charge in [-0.3, -0.25) is 9.59 Å². The molecule has 2 aliphatic rings.